The summed E-state index contributed by atoms with van der Waals surface area (Å²) in [7, 11) is 1.59. The fourth-order valence-electron chi connectivity index (χ4n) is 1.42. The van der Waals surface area contributed by atoms with Crippen molar-refractivity contribution in [2.24, 2.45) is 5.10 Å². The van der Waals surface area contributed by atoms with Crippen LogP contribution in [0.25, 0.3) is 5.43 Å². The Labute approximate surface area is 169 Å². The number of nitrogens with zero attached hydrogens (tertiary/aromatic N) is 3. The number of aliphatic carboxylic acids is 1. The molecule has 0 bridgehead atoms. The summed E-state index contributed by atoms with van der Waals surface area (Å²) in [4.78, 5) is 24.3. The largest absolute Gasteiger partial charge is 2.00 e. The van der Waals surface area contributed by atoms with Gasteiger partial charge < -0.3 is 46.4 Å². The average Bonchev–Trinajstić information content (AvgIpc) is 2.55. The van der Waals surface area contributed by atoms with E-state index in [1.807, 2.05) is 18.2 Å². The average molecular weight is 433 g/mol. The van der Waals surface area contributed by atoms with Crippen LogP contribution in [0.2, 0.25) is 0 Å². The molecule has 0 saturated heterocycles. The molecule has 6 N–H and O–H groups in total. The van der Waals surface area contributed by atoms with Gasteiger partial charge in [0.15, 0.2) is 0 Å². The van der Waals surface area contributed by atoms with Crippen molar-refractivity contribution in [3.8, 4) is 5.75 Å². The minimum Gasteiger partial charge on any atom is -0.550 e. The fraction of sp³-hybridized carbons (Fsp3) is 0.125. The van der Waals surface area contributed by atoms with Gasteiger partial charge in [-0.1, -0.05) is 12.1 Å². The third-order valence-corrected chi connectivity index (χ3v) is 2.38. The Bertz CT molecular complexity index is 681. The van der Waals surface area contributed by atoms with Crippen molar-refractivity contribution in [2.75, 3.05) is 7.11 Å². The molecule has 0 atom stereocenters. The minimum atomic E-state index is -1.08. The van der Waals surface area contributed by atoms with Crippen molar-refractivity contribution in [3.63, 3.8) is 0 Å². The van der Waals surface area contributed by atoms with Crippen molar-refractivity contribution in [1.29, 1.82) is 0 Å². The van der Waals surface area contributed by atoms with Crippen LogP contribution in [0, 0.1) is 0 Å². The van der Waals surface area contributed by atoms with Gasteiger partial charge >= 0.3 is 19.5 Å². The van der Waals surface area contributed by atoms with Crippen molar-refractivity contribution in [1.82, 2.24) is 4.98 Å². The Hall–Kier alpha value is -2.72. The third kappa shape index (κ3) is 14.2. The molecular weight excluding hydrogens is 412 g/mol. The number of hydrogen-bond acceptors (Lipinski definition) is 6. The van der Waals surface area contributed by atoms with Crippen molar-refractivity contribution >= 4 is 18.1 Å². The molecule has 0 spiro atoms. The van der Waals surface area contributed by atoms with Crippen LogP contribution >= 0.6 is 0 Å². The predicted octanol–water partition coefficient (Wildman–Crippen LogP) is -1.08. The second-order valence-corrected chi connectivity index (χ2v) is 4.15. The fourth-order valence-corrected chi connectivity index (χ4v) is 1.42. The molecule has 1 aromatic carbocycles. The summed E-state index contributed by atoms with van der Waals surface area (Å²) in [6.45, 7) is 0.972. The summed E-state index contributed by atoms with van der Waals surface area (Å²) in [5.41, 5.74) is 4.87. The van der Waals surface area contributed by atoms with E-state index >= 15 is 0 Å². The van der Waals surface area contributed by atoms with E-state index in [4.69, 9.17) is 14.6 Å². The summed E-state index contributed by atoms with van der Waals surface area (Å²) in [6, 6.07) is 10.5. The molecule has 1 heterocycles. The van der Waals surface area contributed by atoms with Crippen LogP contribution in [0.1, 0.15) is 22.8 Å². The molecular formula is C16H21N3O7Zn. The first-order valence-electron chi connectivity index (χ1n) is 6.53. The van der Waals surface area contributed by atoms with E-state index in [0.29, 0.717) is 5.56 Å². The molecule has 0 fully saturated rings. The van der Waals surface area contributed by atoms with Crippen LogP contribution in [0.15, 0.2) is 53.9 Å². The first kappa shape index (κ1) is 32.0. The quantitative estimate of drug-likeness (QED) is 0.335. The number of carbonyl (C=O) groups excluding carboxylic acids is 2. The zero-order chi connectivity index (χ0) is 17.1. The molecule has 0 aliphatic heterocycles. The zero-order valence-electron chi connectivity index (χ0n) is 14.9. The maximum Gasteiger partial charge on any atom is 2.00 e. The molecule has 1 aromatic heterocycles. The maximum atomic E-state index is 11.6. The van der Waals surface area contributed by atoms with Crippen LogP contribution in [0.4, 0.5) is 0 Å². The van der Waals surface area contributed by atoms with Gasteiger partial charge in [-0.25, -0.2) is 0 Å². The molecule has 0 radical (unpaired) electrons. The standard InChI is InChI=1S/C14H13N3O2.C2H4O2.3H2O.Zn/c1-19-13-4-2-3-11(9-13)10-16-17-14(18)12-5-7-15-8-6-12;1-2(3)4;;;;/h2-10H,1H3,(H,17,18);1H3,(H,3,4);3*1H2;/q;;;;;+2/p-2/b16-10+;;;;;. The van der Waals surface area contributed by atoms with Gasteiger partial charge in [-0.2, -0.15) is 0 Å². The Balaban J connectivity index is -0.000000302. The molecule has 2 rings (SSSR count). The minimum absolute atomic E-state index is 0. The Morgan fingerprint density at radius 3 is 2.22 bits per heavy atom. The van der Waals surface area contributed by atoms with Gasteiger partial charge in [-0.15, -0.1) is 0 Å². The van der Waals surface area contributed by atoms with E-state index in [2.05, 4.69) is 15.5 Å². The zero-order valence-corrected chi connectivity index (χ0v) is 17.8. The Kier molecular flexibility index (Phi) is 21.4. The third-order valence-electron chi connectivity index (χ3n) is 2.38. The summed E-state index contributed by atoms with van der Waals surface area (Å²) in [5, 5.41) is 12.7. The van der Waals surface area contributed by atoms with Crippen LogP contribution in [0.3, 0.4) is 0 Å². The molecule has 2 aromatic rings. The summed E-state index contributed by atoms with van der Waals surface area (Å²) in [6.07, 6.45) is 4.57. The van der Waals surface area contributed by atoms with Gasteiger partial charge in [0.1, 0.15) is 5.75 Å². The van der Waals surface area contributed by atoms with E-state index in [9.17, 15) is 4.79 Å². The molecule has 10 nitrogen and oxygen atoms in total. The number of aromatic nitrogens is 1. The van der Waals surface area contributed by atoms with Gasteiger partial charge in [0.2, 0.25) is 0 Å². The monoisotopic (exact) mass is 431 g/mol. The molecule has 1 amide bonds. The van der Waals surface area contributed by atoms with Gasteiger partial charge in [0.05, 0.1) is 13.0 Å². The van der Waals surface area contributed by atoms with Crippen molar-refractivity contribution < 1.29 is 55.3 Å². The number of carboxylic acid groups (broad SMARTS) is 1. The van der Waals surface area contributed by atoms with Crippen molar-refractivity contribution in [2.45, 2.75) is 6.92 Å². The Morgan fingerprint density at radius 2 is 1.70 bits per heavy atom. The van der Waals surface area contributed by atoms with Crippen LogP contribution in [0.5, 0.6) is 5.75 Å². The van der Waals surface area contributed by atoms with Gasteiger partial charge in [0, 0.05) is 30.1 Å². The van der Waals surface area contributed by atoms with E-state index in [1.165, 1.54) is 18.6 Å². The second-order valence-electron chi connectivity index (χ2n) is 4.15. The van der Waals surface area contributed by atoms with E-state index in [0.717, 1.165) is 18.2 Å². The number of carboxylic acids is 1. The van der Waals surface area contributed by atoms with E-state index < -0.39 is 11.9 Å². The number of benzene rings is 1. The van der Waals surface area contributed by atoms with Crippen molar-refractivity contribution in [3.05, 3.63) is 65.3 Å². The number of hydrogen-bond donors (Lipinski definition) is 0. The second kappa shape index (κ2) is 18.1. The first-order chi connectivity index (χ1) is 11.0. The number of amides is 1. The molecule has 11 heteroatoms. The molecule has 0 saturated carbocycles. The first-order valence-corrected chi connectivity index (χ1v) is 6.53. The van der Waals surface area contributed by atoms with Gasteiger partial charge in [-0.05, 0) is 36.8 Å². The summed E-state index contributed by atoms with van der Waals surface area (Å²) < 4.78 is 5.09. The van der Waals surface area contributed by atoms with Gasteiger partial charge in [-0.3, -0.25) is 4.98 Å². The molecule has 0 unspecified atom stereocenters. The van der Waals surface area contributed by atoms with E-state index in [1.54, 1.807) is 25.3 Å². The molecule has 0 aliphatic rings. The topological polar surface area (TPSA) is 200 Å². The number of ether oxygens (including phenoxy) is 1. The van der Waals surface area contributed by atoms with Crippen LogP contribution < -0.4 is 9.84 Å². The normalized spacial score (nSPS) is 8.22. The molecule has 27 heavy (non-hydrogen) atoms. The number of pyridine rings is 1. The molecule has 144 valence electrons. The number of carbonyl (C=O) groups is 2. The number of methoxy groups -OCH3 is 1. The van der Waals surface area contributed by atoms with Crippen LogP contribution in [-0.4, -0.2) is 46.6 Å². The smallest absolute Gasteiger partial charge is 0.550 e. The van der Waals surface area contributed by atoms with E-state index in [-0.39, 0.29) is 35.9 Å². The summed E-state index contributed by atoms with van der Waals surface area (Å²) >= 11 is 0. The predicted molar refractivity (Wildman–Crippen MR) is 94.0 cm³/mol. The maximum absolute atomic E-state index is 11.6. The SMILES string of the molecule is CC(=O)[O-].COc1cccc(/C=N/[N-]C(=O)c2ccncc2)c1.O.O.O.[Zn+2]. The molecule has 0 aliphatic carbocycles. The van der Waals surface area contributed by atoms with Crippen LogP contribution in [-0.2, 0) is 24.3 Å². The van der Waals surface area contributed by atoms with Gasteiger partial charge in [0.25, 0.3) is 0 Å². The Morgan fingerprint density at radius 1 is 1.15 bits per heavy atom. The summed E-state index contributed by atoms with van der Waals surface area (Å²) in [5.74, 6) is -0.758. The number of rotatable bonds is 4.